The number of nitrogens with zero attached hydrogens (tertiary/aromatic N) is 4. The summed E-state index contributed by atoms with van der Waals surface area (Å²) in [6.07, 6.45) is 1.89. The molecular weight excluding hydrogens is 415 g/mol. The SMILES string of the molecule is Cc1nc(CN2CCO[C@@](COc3ccc(F)cc3)(CC(=O)N3CCN(C)CC3)C2)co1. The quantitative estimate of drug-likeness (QED) is 0.644. The zero-order valence-electron chi connectivity index (χ0n) is 18.8. The second-order valence-electron chi connectivity index (χ2n) is 8.70. The van der Waals surface area contributed by atoms with Crippen LogP contribution in [0.5, 0.6) is 5.75 Å². The van der Waals surface area contributed by atoms with E-state index in [2.05, 4.69) is 21.8 Å². The van der Waals surface area contributed by atoms with Crippen LogP contribution in [-0.4, -0.2) is 90.7 Å². The Hall–Kier alpha value is -2.49. The van der Waals surface area contributed by atoms with Gasteiger partial charge >= 0.3 is 0 Å². The number of benzene rings is 1. The van der Waals surface area contributed by atoms with E-state index >= 15 is 0 Å². The number of halogens is 1. The predicted octanol–water partition coefficient (Wildman–Crippen LogP) is 1.94. The molecule has 0 unspecified atom stereocenters. The molecule has 174 valence electrons. The van der Waals surface area contributed by atoms with Crippen LogP contribution in [0.4, 0.5) is 4.39 Å². The van der Waals surface area contributed by atoms with Crippen molar-refractivity contribution in [3.63, 3.8) is 0 Å². The number of rotatable bonds is 7. The lowest BCUT2D eigenvalue weighted by atomic mass is 9.96. The summed E-state index contributed by atoms with van der Waals surface area (Å²) >= 11 is 0. The van der Waals surface area contributed by atoms with E-state index < -0.39 is 5.60 Å². The predicted molar refractivity (Wildman–Crippen MR) is 116 cm³/mol. The second kappa shape index (κ2) is 9.97. The topological polar surface area (TPSA) is 71.3 Å². The summed E-state index contributed by atoms with van der Waals surface area (Å²) in [4.78, 5) is 23.9. The van der Waals surface area contributed by atoms with E-state index in [9.17, 15) is 9.18 Å². The van der Waals surface area contributed by atoms with Crippen LogP contribution in [0.1, 0.15) is 18.0 Å². The van der Waals surface area contributed by atoms with Crippen molar-refractivity contribution in [2.24, 2.45) is 0 Å². The van der Waals surface area contributed by atoms with E-state index in [1.165, 1.54) is 12.1 Å². The molecule has 2 aliphatic rings. The Labute approximate surface area is 187 Å². The minimum atomic E-state index is -0.800. The van der Waals surface area contributed by atoms with E-state index in [1.54, 1.807) is 18.4 Å². The van der Waals surface area contributed by atoms with Gasteiger partial charge in [-0.2, -0.15) is 0 Å². The van der Waals surface area contributed by atoms with E-state index in [0.717, 1.165) is 25.3 Å². The Bertz CT molecular complexity index is 898. The molecule has 2 fully saturated rings. The highest BCUT2D eigenvalue weighted by atomic mass is 19.1. The van der Waals surface area contributed by atoms with E-state index in [4.69, 9.17) is 13.9 Å². The average Bonchev–Trinajstić information content (AvgIpc) is 3.18. The van der Waals surface area contributed by atoms with Crippen LogP contribution in [0.3, 0.4) is 0 Å². The average molecular weight is 447 g/mol. The number of carbonyl (C=O) groups excluding carboxylic acids is 1. The molecule has 4 rings (SSSR count). The van der Waals surface area contributed by atoms with Crippen LogP contribution in [0.15, 0.2) is 34.9 Å². The fourth-order valence-electron chi connectivity index (χ4n) is 4.20. The fraction of sp³-hybridized carbons (Fsp3) is 0.565. The molecule has 2 aliphatic heterocycles. The van der Waals surface area contributed by atoms with Gasteiger partial charge in [-0.05, 0) is 31.3 Å². The largest absolute Gasteiger partial charge is 0.491 e. The Morgan fingerprint density at radius 3 is 2.62 bits per heavy atom. The summed E-state index contributed by atoms with van der Waals surface area (Å²) in [5.74, 6) is 0.926. The maximum Gasteiger partial charge on any atom is 0.225 e. The summed E-state index contributed by atoms with van der Waals surface area (Å²) in [7, 11) is 2.06. The van der Waals surface area contributed by atoms with Gasteiger partial charge in [0.25, 0.3) is 0 Å². The van der Waals surface area contributed by atoms with E-state index in [-0.39, 0.29) is 24.8 Å². The Morgan fingerprint density at radius 1 is 1.19 bits per heavy atom. The number of oxazole rings is 1. The molecule has 1 aromatic carbocycles. The molecule has 8 nitrogen and oxygen atoms in total. The van der Waals surface area contributed by atoms with Gasteiger partial charge in [-0.25, -0.2) is 9.37 Å². The van der Waals surface area contributed by atoms with Crippen LogP contribution < -0.4 is 4.74 Å². The van der Waals surface area contributed by atoms with Gasteiger partial charge in [0, 0.05) is 52.7 Å². The molecule has 0 bridgehead atoms. The van der Waals surface area contributed by atoms with Gasteiger partial charge in [-0.3, -0.25) is 9.69 Å². The number of aromatic nitrogens is 1. The molecule has 32 heavy (non-hydrogen) atoms. The number of aryl methyl sites for hydroxylation is 1. The number of ether oxygens (including phenoxy) is 2. The zero-order valence-corrected chi connectivity index (χ0v) is 18.8. The Balaban J connectivity index is 1.47. The third-order valence-corrected chi connectivity index (χ3v) is 6.02. The number of piperazine rings is 1. The molecule has 2 saturated heterocycles. The molecule has 0 spiro atoms. The molecule has 1 atom stereocenters. The van der Waals surface area contributed by atoms with Gasteiger partial charge in [0.2, 0.25) is 5.91 Å². The zero-order chi connectivity index (χ0) is 22.6. The number of morpholine rings is 1. The normalized spacial score (nSPS) is 22.8. The first-order valence-corrected chi connectivity index (χ1v) is 11.0. The Kier molecular flexibility index (Phi) is 7.07. The number of amides is 1. The van der Waals surface area contributed by atoms with Crippen molar-refractivity contribution in [3.05, 3.63) is 47.9 Å². The molecular formula is C23H31FN4O4. The van der Waals surface area contributed by atoms with Crippen molar-refractivity contribution in [1.82, 2.24) is 19.7 Å². The molecule has 1 amide bonds. The summed E-state index contributed by atoms with van der Waals surface area (Å²) in [5, 5.41) is 0. The summed E-state index contributed by atoms with van der Waals surface area (Å²) in [6, 6.07) is 5.89. The van der Waals surface area contributed by atoms with Gasteiger partial charge in [-0.15, -0.1) is 0 Å². The van der Waals surface area contributed by atoms with Crippen LogP contribution >= 0.6 is 0 Å². The molecule has 9 heteroatoms. The van der Waals surface area contributed by atoms with Crippen molar-refractivity contribution in [3.8, 4) is 5.75 Å². The number of carbonyl (C=O) groups is 1. The first-order chi connectivity index (χ1) is 15.4. The van der Waals surface area contributed by atoms with Crippen LogP contribution in [0.25, 0.3) is 0 Å². The third kappa shape index (κ3) is 5.85. The summed E-state index contributed by atoms with van der Waals surface area (Å²) in [6.45, 7) is 7.53. The van der Waals surface area contributed by atoms with Crippen molar-refractivity contribution in [2.75, 3.05) is 59.5 Å². The van der Waals surface area contributed by atoms with Crippen molar-refractivity contribution >= 4 is 5.91 Å². The lowest BCUT2D eigenvalue weighted by Crippen LogP contribution is -2.58. The minimum Gasteiger partial charge on any atom is -0.491 e. The fourth-order valence-corrected chi connectivity index (χ4v) is 4.20. The van der Waals surface area contributed by atoms with Gasteiger partial charge < -0.3 is 23.7 Å². The standard InChI is InChI=1S/C23H31FN4O4/c1-18-25-20(15-30-18)14-27-11-12-32-23(16-27,17-31-21-5-3-19(24)4-6-21)13-22(29)28-9-7-26(2)8-10-28/h3-6,15H,7-14,16-17H2,1-2H3/t23-/m0/s1. The number of likely N-dealkylation sites (N-methyl/N-ethyl adjacent to an activating group) is 1. The molecule has 3 heterocycles. The highest BCUT2D eigenvalue weighted by molar-refractivity contribution is 5.77. The second-order valence-corrected chi connectivity index (χ2v) is 8.70. The minimum absolute atomic E-state index is 0.0694. The van der Waals surface area contributed by atoms with Crippen LogP contribution in [0.2, 0.25) is 0 Å². The number of hydrogen-bond donors (Lipinski definition) is 0. The van der Waals surface area contributed by atoms with E-state index in [1.807, 2.05) is 11.8 Å². The van der Waals surface area contributed by atoms with Crippen molar-refractivity contribution in [1.29, 1.82) is 0 Å². The highest BCUT2D eigenvalue weighted by Gasteiger charge is 2.41. The maximum atomic E-state index is 13.3. The molecule has 0 N–H and O–H groups in total. The monoisotopic (exact) mass is 446 g/mol. The smallest absolute Gasteiger partial charge is 0.225 e. The van der Waals surface area contributed by atoms with Gasteiger partial charge in [0.15, 0.2) is 5.89 Å². The van der Waals surface area contributed by atoms with Crippen molar-refractivity contribution < 1.29 is 23.1 Å². The van der Waals surface area contributed by atoms with Crippen molar-refractivity contribution in [2.45, 2.75) is 25.5 Å². The highest BCUT2D eigenvalue weighted by Crippen LogP contribution is 2.27. The molecule has 2 aromatic rings. The third-order valence-electron chi connectivity index (χ3n) is 6.02. The first-order valence-electron chi connectivity index (χ1n) is 11.0. The lowest BCUT2D eigenvalue weighted by molar-refractivity contribution is -0.158. The van der Waals surface area contributed by atoms with Crippen LogP contribution in [-0.2, 0) is 16.1 Å². The summed E-state index contributed by atoms with van der Waals surface area (Å²) < 4.78 is 30.8. The Morgan fingerprint density at radius 2 is 1.94 bits per heavy atom. The maximum absolute atomic E-state index is 13.3. The van der Waals surface area contributed by atoms with Gasteiger partial charge in [-0.1, -0.05) is 0 Å². The summed E-state index contributed by atoms with van der Waals surface area (Å²) in [5.41, 5.74) is 0.0504. The first kappa shape index (κ1) is 22.7. The number of hydrogen-bond acceptors (Lipinski definition) is 7. The molecule has 0 radical (unpaired) electrons. The lowest BCUT2D eigenvalue weighted by Gasteiger charge is -2.43. The molecule has 0 aliphatic carbocycles. The van der Waals surface area contributed by atoms with Gasteiger partial charge in [0.1, 0.15) is 30.0 Å². The van der Waals surface area contributed by atoms with Gasteiger partial charge in [0.05, 0.1) is 18.7 Å². The molecule has 1 aromatic heterocycles. The van der Waals surface area contributed by atoms with E-state index in [0.29, 0.717) is 44.4 Å². The molecule has 0 saturated carbocycles. The van der Waals surface area contributed by atoms with Crippen LogP contribution in [0, 0.1) is 12.7 Å².